The number of unbranched alkanes of at least 4 members (excludes halogenated alkanes) is 2. The quantitative estimate of drug-likeness (QED) is 0.581. The third-order valence-corrected chi connectivity index (χ3v) is 5.47. The largest absolute Gasteiger partial charge is 0.494 e. The van der Waals surface area contributed by atoms with Crippen LogP contribution in [0, 0.1) is 0 Å². The van der Waals surface area contributed by atoms with Crippen molar-refractivity contribution in [3.05, 3.63) is 24.3 Å². The number of hydrogen-bond donors (Lipinski definition) is 0. The van der Waals surface area contributed by atoms with Gasteiger partial charge in [0.2, 0.25) is 0 Å². The highest BCUT2D eigenvalue weighted by atomic mass is 16.7. The van der Waals surface area contributed by atoms with E-state index >= 15 is 0 Å². The smallest absolute Gasteiger partial charge is 0.490 e. The molecule has 0 spiro atoms. The molecular formula is C21H35BO3. The topological polar surface area (TPSA) is 27.7 Å². The SMILES string of the molecule is CCCCC(CCCC)Oc1ccc(B2OC(C)(C)C(C)(C)O2)cc1. The highest BCUT2D eigenvalue weighted by Gasteiger charge is 2.51. The van der Waals surface area contributed by atoms with Crippen molar-refractivity contribution < 1.29 is 14.0 Å². The van der Waals surface area contributed by atoms with E-state index < -0.39 is 0 Å². The summed E-state index contributed by atoms with van der Waals surface area (Å²) in [5.74, 6) is 0.942. The van der Waals surface area contributed by atoms with Gasteiger partial charge >= 0.3 is 7.12 Å². The molecule has 1 aliphatic heterocycles. The minimum absolute atomic E-state index is 0.307. The Hall–Kier alpha value is -0.995. The summed E-state index contributed by atoms with van der Waals surface area (Å²) in [4.78, 5) is 0. The first-order valence-electron chi connectivity index (χ1n) is 9.91. The van der Waals surface area contributed by atoms with Gasteiger partial charge in [-0.3, -0.25) is 0 Å². The molecule has 1 aromatic carbocycles. The van der Waals surface area contributed by atoms with Gasteiger partial charge in [-0.15, -0.1) is 0 Å². The third kappa shape index (κ3) is 5.24. The van der Waals surface area contributed by atoms with Gasteiger partial charge < -0.3 is 14.0 Å². The van der Waals surface area contributed by atoms with Crippen LogP contribution < -0.4 is 10.2 Å². The maximum absolute atomic E-state index is 6.24. The predicted octanol–water partition coefficient (Wildman–Crippen LogP) is 5.11. The molecule has 1 aromatic rings. The van der Waals surface area contributed by atoms with E-state index in [0.29, 0.717) is 6.10 Å². The van der Waals surface area contributed by atoms with Crippen LogP contribution in [0.5, 0.6) is 5.75 Å². The van der Waals surface area contributed by atoms with E-state index in [2.05, 4.69) is 53.7 Å². The van der Waals surface area contributed by atoms with E-state index in [1.807, 2.05) is 12.1 Å². The fraction of sp³-hybridized carbons (Fsp3) is 0.714. The zero-order valence-corrected chi connectivity index (χ0v) is 16.9. The molecule has 0 aromatic heterocycles. The Labute approximate surface area is 154 Å². The summed E-state index contributed by atoms with van der Waals surface area (Å²) >= 11 is 0. The van der Waals surface area contributed by atoms with E-state index in [9.17, 15) is 0 Å². The molecule has 0 unspecified atom stereocenters. The van der Waals surface area contributed by atoms with Crippen LogP contribution in [0.4, 0.5) is 0 Å². The molecule has 140 valence electrons. The van der Waals surface area contributed by atoms with Crippen molar-refractivity contribution in [3.63, 3.8) is 0 Å². The fourth-order valence-corrected chi connectivity index (χ4v) is 3.00. The van der Waals surface area contributed by atoms with E-state index in [1.54, 1.807) is 0 Å². The average molecular weight is 346 g/mol. The lowest BCUT2D eigenvalue weighted by molar-refractivity contribution is 0.00578. The Morgan fingerprint density at radius 2 is 1.36 bits per heavy atom. The molecule has 0 saturated carbocycles. The number of hydrogen-bond acceptors (Lipinski definition) is 3. The Morgan fingerprint density at radius 1 is 0.880 bits per heavy atom. The molecule has 0 bridgehead atoms. The molecule has 1 saturated heterocycles. The Morgan fingerprint density at radius 3 is 1.80 bits per heavy atom. The second-order valence-electron chi connectivity index (χ2n) is 8.18. The minimum atomic E-state index is -0.310. The van der Waals surface area contributed by atoms with Crippen LogP contribution in [-0.4, -0.2) is 24.4 Å². The van der Waals surface area contributed by atoms with Crippen molar-refractivity contribution in [1.29, 1.82) is 0 Å². The minimum Gasteiger partial charge on any atom is -0.490 e. The van der Waals surface area contributed by atoms with E-state index in [4.69, 9.17) is 14.0 Å². The summed E-state index contributed by atoms with van der Waals surface area (Å²) < 4.78 is 18.5. The van der Waals surface area contributed by atoms with Gasteiger partial charge in [-0.1, -0.05) is 51.7 Å². The number of benzene rings is 1. The van der Waals surface area contributed by atoms with Crippen molar-refractivity contribution >= 4 is 12.6 Å². The summed E-state index contributed by atoms with van der Waals surface area (Å²) in [6, 6.07) is 8.22. The molecule has 0 radical (unpaired) electrons. The number of ether oxygens (including phenoxy) is 1. The molecule has 0 amide bonds. The van der Waals surface area contributed by atoms with Crippen LogP contribution in [0.15, 0.2) is 24.3 Å². The lowest BCUT2D eigenvalue weighted by Crippen LogP contribution is -2.41. The number of rotatable bonds is 9. The first-order valence-corrected chi connectivity index (χ1v) is 9.91. The Kier molecular flexibility index (Phi) is 6.98. The van der Waals surface area contributed by atoms with Gasteiger partial charge in [0.15, 0.2) is 0 Å². The van der Waals surface area contributed by atoms with E-state index in [-0.39, 0.29) is 18.3 Å². The van der Waals surface area contributed by atoms with Crippen molar-refractivity contribution in [2.45, 2.75) is 97.4 Å². The van der Waals surface area contributed by atoms with Gasteiger partial charge in [0.25, 0.3) is 0 Å². The van der Waals surface area contributed by atoms with Gasteiger partial charge in [-0.05, 0) is 58.1 Å². The van der Waals surface area contributed by atoms with Gasteiger partial charge in [-0.2, -0.15) is 0 Å². The highest BCUT2D eigenvalue weighted by Crippen LogP contribution is 2.36. The zero-order chi connectivity index (χ0) is 18.5. The van der Waals surface area contributed by atoms with Crippen molar-refractivity contribution in [2.24, 2.45) is 0 Å². The molecular weight excluding hydrogens is 311 g/mol. The maximum Gasteiger partial charge on any atom is 0.494 e. The first-order chi connectivity index (χ1) is 11.8. The fourth-order valence-electron chi connectivity index (χ4n) is 3.00. The van der Waals surface area contributed by atoms with E-state index in [0.717, 1.165) is 24.1 Å². The van der Waals surface area contributed by atoms with Crippen LogP contribution in [0.2, 0.25) is 0 Å². The molecule has 1 aliphatic rings. The summed E-state index contributed by atoms with van der Waals surface area (Å²) in [6.45, 7) is 12.8. The van der Waals surface area contributed by atoms with Crippen molar-refractivity contribution in [2.75, 3.05) is 0 Å². The van der Waals surface area contributed by atoms with Gasteiger partial charge in [0.1, 0.15) is 5.75 Å². The van der Waals surface area contributed by atoms with Gasteiger partial charge in [-0.25, -0.2) is 0 Å². The molecule has 4 heteroatoms. The predicted molar refractivity (Wildman–Crippen MR) is 106 cm³/mol. The van der Waals surface area contributed by atoms with Crippen LogP contribution in [0.3, 0.4) is 0 Å². The normalized spacial score (nSPS) is 18.8. The van der Waals surface area contributed by atoms with Crippen molar-refractivity contribution in [3.8, 4) is 5.75 Å². The molecule has 2 rings (SSSR count). The molecule has 0 N–H and O–H groups in total. The summed E-state index contributed by atoms with van der Waals surface area (Å²) in [5.41, 5.74) is 0.431. The molecule has 0 aliphatic carbocycles. The van der Waals surface area contributed by atoms with Crippen LogP contribution in [0.1, 0.15) is 80.1 Å². The third-order valence-electron chi connectivity index (χ3n) is 5.47. The summed E-state index contributed by atoms with van der Waals surface area (Å²) in [6.07, 6.45) is 7.47. The monoisotopic (exact) mass is 346 g/mol. The Bertz CT molecular complexity index is 500. The second-order valence-corrected chi connectivity index (χ2v) is 8.18. The molecule has 3 nitrogen and oxygen atoms in total. The standard InChI is InChI=1S/C21H35BO3/c1-7-9-11-18(12-10-8-2)23-19-15-13-17(14-16-19)22-24-20(3,4)21(5,6)25-22/h13-16,18H,7-12H2,1-6H3. The zero-order valence-electron chi connectivity index (χ0n) is 16.9. The lowest BCUT2D eigenvalue weighted by atomic mass is 9.79. The van der Waals surface area contributed by atoms with Crippen LogP contribution in [0.25, 0.3) is 0 Å². The summed E-state index contributed by atoms with van der Waals surface area (Å²) in [7, 11) is -0.310. The van der Waals surface area contributed by atoms with Gasteiger partial charge in [0, 0.05) is 0 Å². The average Bonchev–Trinajstić information content (AvgIpc) is 2.78. The Balaban J connectivity index is 1.99. The highest BCUT2D eigenvalue weighted by molar-refractivity contribution is 6.62. The summed E-state index contributed by atoms with van der Waals surface area (Å²) in [5, 5.41) is 0. The van der Waals surface area contributed by atoms with E-state index in [1.165, 1.54) is 25.7 Å². The first kappa shape index (κ1) is 20.3. The second kappa shape index (κ2) is 8.59. The van der Waals surface area contributed by atoms with Crippen molar-refractivity contribution in [1.82, 2.24) is 0 Å². The van der Waals surface area contributed by atoms with Crippen LogP contribution >= 0.6 is 0 Å². The van der Waals surface area contributed by atoms with Gasteiger partial charge in [0.05, 0.1) is 17.3 Å². The van der Waals surface area contributed by atoms with Crippen LogP contribution in [-0.2, 0) is 9.31 Å². The maximum atomic E-state index is 6.24. The molecule has 0 atom stereocenters. The molecule has 1 heterocycles. The molecule has 25 heavy (non-hydrogen) atoms. The lowest BCUT2D eigenvalue weighted by Gasteiger charge is -2.32. The molecule has 1 fully saturated rings.